The second-order valence-electron chi connectivity index (χ2n) is 6.72. The molecule has 1 amide bonds. The molecule has 1 fully saturated rings. The third-order valence-electron chi connectivity index (χ3n) is 4.99. The van der Waals surface area contributed by atoms with Gasteiger partial charge in [-0.3, -0.25) is 9.59 Å². The van der Waals surface area contributed by atoms with Gasteiger partial charge in [-0.25, -0.2) is 0 Å². The molecule has 150 valence electrons. The van der Waals surface area contributed by atoms with Crippen molar-refractivity contribution in [1.29, 1.82) is 0 Å². The number of hydrogen-bond donors (Lipinski definition) is 2. The van der Waals surface area contributed by atoms with Crippen molar-refractivity contribution in [2.75, 3.05) is 19.8 Å². The summed E-state index contributed by atoms with van der Waals surface area (Å²) in [5, 5.41) is 12.1. The van der Waals surface area contributed by atoms with Crippen LogP contribution in [0.5, 0.6) is 0 Å². The molecule has 0 aliphatic carbocycles. The predicted octanol–water partition coefficient (Wildman–Crippen LogP) is 3.44. The van der Waals surface area contributed by atoms with Gasteiger partial charge in [-0.05, 0) is 36.8 Å². The Kier molecular flexibility index (Phi) is 7.24. The fraction of sp³-hybridized carbons (Fsp3) is 0.579. The van der Waals surface area contributed by atoms with E-state index in [1.54, 1.807) is 6.92 Å². The SMILES string of the molecule is CCC(C(=O)NCC(C(=O)O)C1CCOCC1)c1cccc(C(F)(F)F)c1. The average Bonchev–Trinajstić information content (AvgIpc) is 2.63. The zero-order chi connectivity index (χ0) is 20.0. The van der Waals surface area contributed by atoms with Crippen molar-refractivity contribution in [3.63, 3.8) is 0 Å². The molecule has 0 spiro atoms. The molecule has 0 saturated carbocycles. The largest absolute Gasteiger partial charge is 0.481 e. The fourth-order valence-electron chi connectivity index (χ4n) is 3.41. The number of benzene rings is 1. The van der Waals surface area contributed by atoms with Crippen LogP contribution in [0.15, 0.2) is 24.3 Å². The number of carboxylic acid groups (broad SMARTS) is 1. The lowest BCUT2D eigenvalue weighted by molar-refractivity contribution is -0.145. The van der Waals surface area contributed by atoms with Crippen molar-refractivity contribution < 1.29 is 32.6 Å². The zero-order valence-corrected chi connectivity index (χ0v) is 15.1. The summed E-state index contributed by atoms with van der Waals surface area (Å²) in [5.74, 6) is -3.05. The smallest absolute Gasteiger partial charge is 0.416 e. The second-order valence-corrected chi connectivity index (χ2v) is 6.72. The lowest BCUT2D eigenvalue weighted by Gasteiger charge is -2.28. The third kappa shape index (κ3) is 5.69. The van der Waals surface area contributed by atoms with Crippen molar-refractivity contribution in [2.24, 2.45) is 11.8 Å². The van der Waals surface area contributed by atoms with Crippen LogP contribution in [0.25, 0.3) is 0 Å². The van der Waals surface area contributed by atoms with Crippen molar-refractivity contribution in [1.82, 2.24) is 5.32 Å². The van der Waals surface area contributed by atoms with Gasteiger partial charge in [0.05, 0.1) is 17.4 Å². The maximum absolute atomic E-state index is 12.9. The number of carbonyl (C=O) groups excluding carboxylic acids is 1. The van der Waals surface area contributed by atoms with E-state index in [0.717, 1.165) is 12.1 Å². The molecule has 0 bridgehead atoms. The molecule has 1 aliphatic rings. The maximum atomic E-state index is 12.9. The van der Waals surface area contributed by atoms with Gasteiger partial charge >= 0.3 is 12.1 Å². The highest BCUT2D eigenvalue weighted by Crippen LogP contribution is 2.32. The van der Waals surface area contributed by atoms with Crippen LogP contribution >= 0.6 is 0 Å². The van der Waals surface area contributed by atoms with Crippen LogP contribution in [-0.2, 0) is 20.5 Å². The van der Waals surface area contributed by atoms with Crippen LogP contribution in [0.3, 0.4) is 0 Å². The number of halogens is 3. The Balaban J connectivity index is 2.07. The number of amides is 1. The minimum absolute atomic E-state index is 0.0473. The van der Waals surface area contributed by atoms with Crippen molar-refractivity contribution in [3.05, 3.63) is 35.4 Å². The van der Waals surface area contributed by atoms with Crippen LogP contribution < -0.4 is 5.32 Å². The zero-order valence-electron chi connectivity index (χ0n) is 15.1. The van der Waals surface area contributed by atoms with Gasteiger partial charge in [0.2, 0.25) is 5.91 Å². The number of carboxylic acids is 1. The summed E-state index contributed by atoms with van der Waals surface area (Å²) in [6, 6.07) is 4.69. The number of rotatable bonds is 7. The summed E-state index contributed by atoms with van der Waals surface area (Å²) in [4.78, 5) is 24.1. The van der Waals surface area contributed by atoms with Crippen molar-refractivity contribution >= 4 is 11.9 Å². The summed E-state index contributed by atoms with van der Waals surface area (Å²) in [7, 11) is 0. The highest BCUT2D eigenvalue weighted by Gasteiger charge is 2.33. The van der Waals surface area contributed by atoms with E-state index in [1.165, 1.54) is 12.1 Å². The first-order chi connectivity index (χ1) is 12.7. The van der Waals surface area contributed by atoms with E-state index in [0.29, 0.717) is 32.5 Å². The van der Waals surface area contributed by atoms with Gasteiger partial charge in [-0.2, -0.15) is 13.2 Å². The molecule has 1 saturated heterocycles. The van der Waals surface area contributed by atoms with Gasteiger partial charge in [-0.1, -0.05) is 25.1 Å². The standard InChI is InChI=1S/C19H24F3NO4/c1-2-15(13-4-3-5-14(10-13)19(20,21)22)17(24)23-11-16(18(25)26)12-6-8-27-9-7-12/h3-5,10,12,15-16H,2,6-9,11H2,1H3,(H,23,24)(H,25,26). The van der Waals surface area contributed by atoms with E-state index >= 15 is 0 Å². The normalized spacial score (nSPS) is 17.9. The number of aliphatic carboxylic acids is 1. The minimum Gasteiger partial charge on any atom is -0.481 e. The average molecular weight is 387 g/mol. The number of carbonyl (C=O) groups is 2. The van der Waals surface area contributed by atoms with E-state index < -0.39 is 35.5 Å². The van der Waals surface area contributed by atoms with E-state index in [2.05, 4.69) is 5.32 Å². The van der Waals surface area contributed by atoms with E-state index in [-0.39, 0.29) is 18.0 Å². The van der Waals surface area contributed by atoms with Gasteiger partial charge in [0.1, 0.15) is 0 Å². The number of hydrogen-bond acceptors (Lipinski definition) is 3. The summed E-state index contributed by atoms with van der Waals surface area (Å²) < 4.78 is 44.0. The van der Waals surface area contributed by atoms with Crippen molar-refractivity contribution in [2.45, 2.75) is 38.3 Å². The Bertz CT molecular complexity index is 657. The topological polar surface area (TPSA) is 75.6 Å². The highest BCUT2D eigenvalue weighted by atomic mass is 19.4. The van der Waals surface area contributed by atoms with Gasteiger partial charge in [-0.15, -0.1) is 0 Å². The lowest BCUT2D eigenvalue weighted by atomic mass is 9.85. The van der Waals surface area contributed by atoms with Crippen LogP contribution in [0, 0.1) is 11.8 Å². The van der Waals surface area contributed by atoms with E-state index in [1.807, 2.05) is 0 Å². The quantitative estimate of drug-likeness (QED) is 0.752. The first-order valence-electron chi connectivity index (χ1n) is 8.99. The number of ether oxygens (including phenoxy) is 1. The third-order valence-corrected chi connectivity index (χ3v) is 4.99. The summed E-state index contributed by atoms with van der Waals surface area (Å²) in [5.41, 5.74) is -0.542. The molecular weight excluding hydrogens is 363 g/mol. The molecule has 2 N–H and O–H groups in total. The molecule has 27 heavy (non-hydrogen) atoms. The molecule has 2 unspecified atom stereocenters. The predicted molar refractivity (Wildman–Crippen MR) is 92.2 cm³/mol. The summed E-state index contributed by atoms with van der Waals surface area (Å²) in [6.07, 6.45) is -2.96. The molecule has 0 radical (unpaired) electrons. The molecule has 1 aromatic carbocycles. The fourth-order valence-corrected chi connectivity index (χ4v) is 3.41. The molecule has 1 aromatic rings. The van der Waals surface area contributed by atoms with Gasteiger partial charge < -0.3 is 15.2 Å². The molecule has 1 heterocycles. The lowest BCUT2D eigenvalue weighted by Crippen LogP contribution is -2.40. The maximum Gasteiger partial charge on any atom is 0.416 e. The van der Waals surface area contributed by atoms with Gasteiger partial charge in [0.25, 0.3) is 0 Å². The number of nitrogens with one attached hydrogen (secondary N) is 1. The highest BCUT2D eigenvalue weighted by molar-refractivity contribution is 5.84. The van der Waals surface area contributed by atoms with Crippen LogP contribution in [0.2, 0.25) is 0 Å². The Labute approximate surface area is 155 Å². The molecular formula is C19H24F3NO4. The molecule has 1 aliphatic heterocycles. The molecule has 8 heteroatoms. The van der Waals surface area contributed by atoms with E-state index in [9.17, 15) is 27.9 Å². The first kappa shape index (κ1) is 21.2. The van der Waals surface area contributed by atoms with E-state index in [4.69, 9.17) is 4.74 Å². The Morgan fingerprint density at radius 2 is 1.96 bits per heavy atom. The number of alkyl halides is 3. The minimum atomic E-state index is -4.48. The van der Waals surface area contributed by atoms with Crippen LogP contribution in [-0.4, -0.2) is 36.7 Å². The summed E-state index contributed by atoms with van der Waals surface area (Å²) in [6.45, 7) is 2.64. The monoisotopic (exact) mass is 387 g/mol. The Morgan fingerprint density at radius 3 is 2.52 bits per heavy atom. The van der Waals surface area contributed by atoms with Gasteiger partial charge in [0, 0.05) is 19.8 Å². The molecule has 2 atom stereocenters. The Morgan fingerprint density at radius 1 is 1.30 bits per heavy atom. The summed E-state index contributed by atoms with van der Waals surface area (Å²) >= 11 is 0. The molecule has 5 nitrogen and oxygen atoms in total. The first-order valence-corrected chi connectivity index (χ1v) is 8.99. The van der Waals surface area contributed by atoms with Gasteiger partial charge in [0.15, 0.2) is 0 Å². The van der Waals surface area contributed by atoms with Crippen molar-refractivity contribution in [3.8, 4) is 0 Å². The van der Waals surface area contributed by atoms with Crippen LogP contribution in [0.1, 0.15) is 43.2 Å². The molecule has 0 aromatic heterocycles. The molecule has 2 rings (SSSR count). The second kappa shape index (κ2) is 9.21. The Hall–Kier alpha value is -2.09. The van der Waals surface area contributed by atoms with Crippen LogP contribution in [0.4, 0.5) is 13.2 Å².